The molecule has 5 nitrogen and oxygen atoms in total. The fourth-order valence-electron chi connectivity index (χ4n) is 2.14. The number of ether oxygens (including phenoxy) is 2. The lowest BCUT2D eigenvalue weighted by Gasteiger charge is -2.21. The first-order chi connectivity index (χ1) is 7.71. The Hall–Kier alpha value is -0.650. The number of nitrogens with two attached hydrogens (primary N) is 1. The molecule has 2 fully saturated rings. The Morgan fingerprint density at radius 1 is 1.44 bits per heavy atom. The molecule has 0 aromatic rings. The first kappa shape index (κ1) is 11.8. The zero-order chi connectivity index (χ0) is 11.4. The molecule has 0 saturated carbocycles. The van der Waals surface area contributed by atoms with Gasteiger partial charge in [0.15, 0.2) is 0 Å². The van der Waals surface area contributed by atoms with Gasteiger partial charge in [0.25, 0.3) is 0 Å². The van der Waals surface area contributed by atoms with Crippen LogP contribution in [0, 0.1) is 5.92 Å². The lowest BCUT2D eigenvalue weighted by atomic mass is 9.99. The van der Waals surface area contributed by atoms with Crippen molar-refractivity contribution < 1.29 is 14.3 Å². The highest BCUT2D eigenvalue weighted by Crippen LogP contribution is 2.17. The molecule has 0 aromatic heterocycles. The van der Waals surface area contributed by atoms with E-state index in [4.69, 9.17) is 15.2 Å². The van der Waals surface area contributed by atoms with Crippen LogP contribution in [0.25, 0.3) is 0 Å². The minimum atomic E-state index is -0.799. The molecule has 5 heteroatoms. The second-order valence-corrected chi connectivity index (χ2v) is 4.73. The van der Waals surface area contributed by atoms with Gasteiger partial charge in [0.1, 0.15) is 5.54 Å². The molecule has 2 heterocycles. The third-order valence-corrected chi connectivity index (χ3v) is 3.37. The molecule has 0 aromatic carbocycles. The van der Waals surface area contributed by atoms with Crippen LogP contribution in [0.1, 0.15) is 19.3 Å². The normalized spacial score (nSPS) is 34.2. The van der Waals surface area contributed by atoms with E-state index in [1.54, 1.807) is 0 Å². The van der Waals surface area contributed by atoms with Crippen molar-refractivity contribution in [1.29, 1.82) is 0 Å². The van der Waals surface area contributed by atoms with Gasteiger partial charge in [-0.2, -0.15) is 0 Å². The molecule has 2 aliphatic rings. The highest BCUT2D eigenvalue weighted by molar-refractivity contribution is 5.86. The van der Waals surface area contributed by atoms with Gasteiger partial charge in [0, 0.05) is 26.4 Å². The van der Waals surface area contributed by atoms with Gasteiger partial charge in [0.05, 0.1) is 6.61 Å². The molecule has 2 atom stereocenters. The molecule has 3 N–H and O–H groups in total. The summed E-state index contributed by atoms with van der Waals surface area (Å²) in [5, 5.41) is 2.89. The Morgan fingerprint density at radius 3 is 2.94 bits per heavy atom. The second kappa shape index (κ2) is 5.12. The van der Waals surface area contributed by atoms with Gasteiger partial charge >= 0.3 is 0 Å². The average Bonchev–Trinajstić information content (AvgIpc) is 2.90. The molecule has 1 amide bonds. The molecule has 92 valence electrons. The summed E-state index contributed by atoms with van der Waals surface area (Å²) in [5.74, 6) is 0.512. The zero-order valence-electron chi connectivity index (χ0n) is 9.54. The number of hydrogen-bond donors (Lipinski definition) is 2. The predicted molar refractivity (Wildman–Crippen MR) is 58.9 cm³/mol. The van der Waals surface area contributed by atoms with E-state index in [0.29, 0.717) is 32.1 Å². The molecule has 2 rings (SSSR count). The number of amides is 1. The van der Waals surface area contributed by atoms with E-state index in [0.717, 1.165) is 26.1 Å². The number of nitrogens with one attached hydrogen (secondary N) is 1. The molecule has 0 spiro atoms. The predicted octanol–water partition coefficient (Wildman–Crippen LogP) is -0.353. The van der Waals surface area contributed by atoms with Gasteiger partial charge in [-0.15, -0.1) is 0 Å². The standard InChI is InChI=1S/C11H20N2O3/c12-11(3-6-16-8-11)10(14)13-4-1-9-2-5-15-7-9/h9H,1-8,12H2,(H,13,14). The quantitative estimate of drug-likeness (QED) is 0.689. The van der Waals surface area contributed by atoms with Gasteiger partial charge in [-0.05, 0) is 25.2 Å². The summed E-state index contributed by atoms with van der Waals surface area (Å²) >= 11 is 0. The maximum absolute atomic E-state index is 11.8. The van der Waals surface area contributed by atoms with Crippen LogP contribution in [0.5, 0.6) is 0 Å². The van der Waals surface area contributed by atoms with Crippen molar-refractivity contribution in [2.45, 2.75) is 24.8 Å². The van der Waals surface area contributed by atoms with E-state index in [9.17, 15) is 4.79 Å². The largest absolute Gasteiger partial charge is 0.381 e. The van der Waals surface area contributed by atoms with Crippen molar-refractivity contribution >= 4 is 5.91 Å². The highest BCUT2D eigenvalue weighted by Gasteiger charge is 2.37. The van der Waals surface area contributed by atoms with Gasteiger partial charge in [-0.25, -0.2) is 0 Å². The summed E-state index contributed by atoms with van der Waals surface area (Å²) in [6.07, 6.45) is 2.70. The average molecular weight is 228 g/mol. The van der Waals surface area contributed by atoms with Crippen LogP contribution in [-0.4, -0.2) is 44.4 Å². The second-order valence-electron chi connectivity index (χ2n) is 4.73. The molecule has 2 saturated heterocycles. The third-order valence-electron chi connectivity index (χ3n) is 3.37. The van der Waals surface area contributed by atoms with Crippen molar-refractivity contribution in [3.05, 3.63) is 0 Å². The number of carbonyl (C=O) groups excluding carboxylic acids is 1. The maximum atomic E-state index is 11.8. The van der Waals surface area contributed by atoms with Crippen molar-refractivity contribution in [1.82, 2.24) is 5.32 Å². The van der Waals surface area contributed by atoms with Crippen LogP contribution in [0.4, 0.5) is 0 Å². The first-order valence-electron chi connectivity index (χ1n) is 5.93. The summed E-state index contributed by atoms with van der Waals surface area (Å²) in [7, 11) is 0. The smallest absolute Gasteiger partial charge is 0.242 e. The van der Waals surface area contributed by atoms with Crippen LogP contribution in [0.3, 0.4) is 0 Å². The van der Waals surface area contributed by atoms with Crippen molar-refractivity contribution in [2.24, 2.45) is 11.7 Å². The Bertz CT molecular complexity index is 246. The highest BCUT2D eigenvalue weighted by atomic mass is 16.5. The summed E-state index contributed by atoms with van der Waals surface area (Å²) in [6, 6.07) is 0. The molecule has 0 radical (unpaired) electrons. The molecule has 0 bridgehead atoms. The molecule has 16 heavy (non-hydrogen) atoms. The van der Waals surface area contributed by atoms with Gasteiger partial charge in [0.2, 0.25) is 5.91 Å². The van der Waals surface area contributed by atoms with Gasteiger partial charge in [-0.3, -0.25) is 4.79 Å². The van der Waals surface area contributed by atoms with E-state index >= 15 is 0 Å². The number of hydrogen-bond acceptors (Lipinski definition) is 4. The lowest BCUT2D eigenvalue weighted by molar-refractivity contribution is -0.126. The van der Waals surface area contributed by atoms with E-state index < -0.39 is 5.54 Å². The SMILES string of the molecule is NC1(C(=O)NCCC2CCOC2)CCOC1. The van der Waals surface area contributed by atoms with Crippen LogP contribution in [-0.2, 0) is 14.3 Å². The Morgan fingerprint density at radius 2 is 2.31 bits per heavy atom. The van der Waals surface area contributed by atoms with Gasteiger partial charge < -0.3 is 20.5 Å². The first-order valence-corrected chi connectivity index (χ1v) is 5.93. The van der Waals surface area contributed by atoms with Crippen molar-refractivity contribution in [3.63, 3.8) is 0 Å². The van der Waals surface area contributed by atoms with Crippen LogP contribution in [0.2, 0.25) is 0 Å². The maximum Gasteiger partial charge on any atom is 0.242 e. The van der Waals surface area contributed by atoms with E-state index in [1.807, 2.05) is 0 Å². The summed E-state index contributed by atoms with van der Waals surface area (Å²) in [6.45, 7) is 3.29. The van der Waals surface area contributed by atoms with Gasteiger partial charge in [-0.1, -0.05) is 0 Å². The zero-order valence-corrected chi connectivity index (χ0v) is 9.54. The van der Waals surface area contributed by atoms with E-state index in [2.05, 4.69) is 5.32 Å². The van der Waals surface area contributed by atoms with E-state index in [1.165, 1.54) is 0 Å². The fourth-order valence-corrected chi connectivity index (χ4v) is 2.14. The van der Waals surface area contributed by atoms with Crippen molar-refractivity contribution in [3.8, 4) is 0 Å². The summed E-state index contributed by atoms with van der Waals surface area (Å²) in [4.78, 5) is 11.8. The molecule has 2 aliphatic heterocycles. The minimum absolute atomic E-state index is 0.0797. The third kappa shape index (κ3) is 2.72. The van der Waals surface area contributed by atoms with E-state index in [-0.39, 0.29) is 5.91 Å². The summed E-state index contributed by atoms with van der Waals surface area (Å²) in [5.41, 5.74) is 5.14. The van der Waals surface area contributed by atoms with Crippen LogP contribution < -0.4 is 11.1 Å². The topological polar surface area (TPSA) is 73.6 Å². The Labute approximate surface area is 95.7 Å². The number of carbonyl (C=O) groups is 1. The lowest BCUT2D eigenvalue weighted by Crippen LogP contribution is -2.54. The van der Waals surface area contributed by atoms with Crippen LogP contribution in [0.15, 0.2) is 0 Å². The van der Waals surface area contributed by atoms with Crippen molar-refractivity contribution in [2.75, 3.05) is 33.0 Å². The van der Waals surface area contributed by atoms with Crippen LogP contribution >= 0.6 is 0 Å². The fraction of sp³-hybridized carbons (Fsp3) is 0.909. The Balaban J connectivity index is 1.67. The Kier molecular flexibility index (Phi) is 3.78. The molecule has 0 aliphatic carbocycles. The summed E-state index contributed by atoms with van der Waals surface area (Å²) < 4.78 is 10.4. The monoisotopic (exact) mass is 228 g/mol. The minimum Gasteiger partial charge on any atom is -0.381 e. The molecule has 2 unspecified atom stereocenters. The number of rotatable bonds is 4. The molecular weight excluding hydrogens is 208 g/mol. The molecular formula is C11H20N2O3.